The van der Waals surface area contributed by atoms with Gasteiger partial charge in [0, 0.05) is 11.7 Å². The van der Waals surface area contributed by atoms with Crippen LogP contribution in [0.15, 0.2) is 6.07 Å². The first-order chi connectivity index (χ1) is 9.94. The number of aromatic nitrogens is 1. The van der Waals surface area contributed by atoms with Crippen LogP contribution in [-0.4, -0.2) is 16.0 Å². The second-order valence-electron chi connectivity index (χ2n) is 7.31. The summed E-state index contributed by atoms with van der Waals surface area (Å²) in [5, 5.41) is 3.62. The van der Waals surface area contributed by atoms with E-state index >= 15 is 0 Å². The molecule has 0 bridgehead atoms. The smallest absolute Gasteiger partial charge is 0.136 e. The van der Waals surface area contributed by atoms with Gasteiger partial charge in [-0.15, -0.1) is 0 Å². The summed E-state index contributed by atoms with van der Waals surface area (Å²) in [5.74, 6) is 0.908. The lowest BCUT2D eigenvalue weighted by Gasteiger charge is -2.22. The monoisotopic (exact) mass is 303 g/mol. The zero-order chi connectivity index (χ0) is 15.0. The fraction of sp³-hybridized carbons (Fsp3) is 0.647. The summed E-state index contributed by atoms with van der Waals surface area (Å²) in [5.41, 5.74) is 9.85. The maximum Gasteiger partial charge on any atom is 0.136 e. The Labute approximate surface area is 132 Å². The van der Waals surface area contributed by atoms with Crippen molar-refractivity contribution in [1.82, 2.24) is 4.98 Å². The molecule has 0 aromatic carbocycles. The van der Waals surface area contributed by atoms with Crippen LogP contribution in [0.3, 0.4) is 0 Å². The number of thiocarbonyl (C=S) groups is 1. The van der Waals surface area contributed by atoms with Gasteiger partial charge in [0.25, 0.3) is 0 Å². The van der Waals surface area contributed by atoms with Gasteiger partial charge in [0.2, 0.25) is 0 Å². The number of hydrogen-bond acceptors (Lipinski definition) is 3. The molecule has 1 aromatic rings. The van der Waals surface area contributed by atoms with E-state index in [-0.39, 0.29) is 0 Å². The van der Waals surface area contributed by atoms with Gasteiger partial charge in [-0.05, 0) is 62.0 Å². The van der Waals surface area contributed by atoms with Crippen LogP contribution in [0.5, 0.6) is 0 Å². The first kappa shape index (κ1) is 14.8. The van der Waals surface area contributed by atoms with E-state index in [1.807, 2.05) is 0 Å². The molecule has 1 aromatic heterocycles. The summed E-state index contributed by atoms with van der Waals surface area (Å²) in [6, 6.07) is 2.66. The zero-order valence-electron chi connectivity index (χ0n) is 13.0. The summed E-state index contributed by atoms with van der Waals surface area (Å²) in [4.78, 5) is 5.32. The molecule has 1 heterocycles. The van der Waals surface area contributed by atoms with Gasteiger partial charge in [0.1, 0.15) is 10.8 Å². The summed E-state index contributed by atoms with van der Waals surface area (Å²) in [7, 11) is 0. The molecule has 114 valence electrons. The first-order valence-electron chi connectivity index (χ1n) is 8.04. The largest absolute Gasteiger partial charge is 0.389 e. The number of rotatable bonds is 3. The van der Waals surface area contributed by atoms with Crippen molar-refractivity contribution in [3.05, 3.63) is 22.9 Å². The van der Waals surface area contributed by atoms with Gasteiger partial charge in [-0.2, -0.15) is 0 Å². The molecule has 0 amide bonds. The van der Waals surface area contributed by atoms with E-state index in [0.29, 0.717) is 16.4 Å². The van der Waals surface area contributed by atoms with E-state index in [9.17, 15) is 0 Å². The minimum absolute atomic E-state index is 0.426. The second-order valence-corrected chi connectivity index (χ2v) is 7.75. The maximum absolute atomic E-state index is 5.93. The predicted molar refractivity (Wildman–Crippen MR) is 91.8 cm³/mol. The average Bonchev–Trinajstić information content (AvgIpc) is 2.77. The van der Waals surface area contributed by atoms with Crippen molar-refractivity contribution >= 4 is 23.0 Å². The zero-order valence-corrected chi connectivity index (χ0v) is 13.9. The highest BCUT2D eigenvalue weighted by Gasteiger charge is 2.31. The van der Waals surface area contributed by atoms with Crippen LogP contribution in [0.1, 0.15) is 62.8 Å². The van der Waals surface area contributed by atoms with Gasteiger partial charge >= 0.3 is 0 Å². The molecule has 1 saturated carbocycles. The molecule has 0 radical (unpaired) electrons. The Morgan fingerprint density at radius 3 is 2.81 bits per heavy atom. The lowest BCUT2D eigenvalue weighted by atomic mass is 9.92. The number of nitrogens with zero attached hydrogens (tertiary/aromatic N) is 1. The highest BCUT2D eigenvalue weighted by molar-refractivity contribution is 7.80. The predicted octanol–water partition coefficient (Wildman–Crippen LogP) is 3.59. The van der Waals surface area contributed by atoms with E-state index in [1.165, 1.54) is 43.4 Å². The SMILES string of the molecule is CC1(C)CCC(Nc2nc3c(cc2C(N)=S)CCCC3)C1. The van der Waals surface area contributed by atoms with Crippen LogP contribution in [0.25, 0.3) is 0 Å². The Hall–Kier alpha value is -1.16. The second kappa shape index (κ2) is 5.56. The summed E-state index contributed by atoms with van der Waals surface area (Å²) in [6.45, 7) is 4.67. The maximum atomic E-state index is 5.93. The molecule has 21 heavy (non-hydrogen) atoms. The average molecular weight is 303 g/mol. The summed E-state index contributed by atoms with van der Waals surface area (Å²) in [6.07, 6.45) is 8.31. The van der Waals surface area contributed by atoms with E-state index in [0.717, 1.165) is 24.2 Å². The molecule has 2 aliphatic rings. The molecule has 1 atom stereocenters. The molecule has 0 aliphatic heterocycles. The fourth-order valence-electron chi connectivity index (χ4n) is 3.68. The van der Waals surface area contributed by atoms with Crippen molar-refractivity contribution < 1.29 is 0 Å². The van der Waals surface area contributed by atoms with Gasteiger partial charge in [0.05, 0.1) is 5.56 Å². The van der Waals surface area contributed by atoms with Gasteiger partial charge in [0.15, 0.2) is 0 Å². The number of pyridine rings is 1. The van der Waals surface area contributed by atoms with E-state index in [4.69, 9.17) is 22.9 Å². The van der Waals surface area contributed by atoms with Crippen LogP contribution in [0.4, 0.5) is 5.82 Å². The lowest BCUT2D eigenvalue weighted by molar-refractivity contribution is 0.378. The van der Waals surface area contributed by atoms with E-state index < -0.39 is 0 Å². The highest BCUT2D eigenvalue weighted by Crippen LogP contribution is 2.38. The first-order valence-corrected chi connectivity index (χ1v) is 8.44. The molecule has 3 N–H and O–H groups in total. The van der Waals surface area contributed by atoms with Crippen molar-refractivity contribution in [3.63, 3.8) is 0 Å². The molecule has 4 heteroatoms. The van der Waals surface area contributed by atoms with Crippen LogP contribution < -0.4 is 11.1 Å². The standard InChI is InChI=1S/C17H25N3S/c1-17(2)8-7-12(10-17)19-16-13(15(18)21)9-11-5-3-4-6-14(11)20-16/h9,12H,3-8,10H2,1-2H3,(H2,18,21)(H,19,20). The Kier molecular flexibility index (Phi) is 3.91. The van der Waals surface area contributed by atoms with Crippen molar-refractivity contribution in [2.45, 2.75) is 64.8 Å². The Morgan fingerprint density at radius 1 is 1.38 bits per heavy atom. The Bertz CT molecular complexity index is 565. The normalized spacial score (nSPS) is 23.6. The fourth-order valence-corrected chi connectivity index (χ4v) is 3.84. The van der Waals surface area contributed by atoms with Gasteiger partial charge in [-0.1, -0.05) is 26.1 Å². The molecule has 0 saturated heterocycles. The number of anilines is 1. The molecule has 2 aliphatic carbocycles. The summed E-state index contributed by atoms with van der Waals surface area (Å²) >= 11 is 5.24. The number of fused-ring (bicyclic) bond motifs is 1. The Morgan fingerprint density at radius 2 is 2.14 bits per heavy atom. The van der Waals surface area contributed by atoms with Crippen molar-refractivity contribution in [3.8, 4) is 0 Å². The molecule has 0 spiro atoms. The number of nitrogens with one attached hydrogen (secondary N) is 1. The molecular weight excluding hydrogens is 278 g/mol. The van der Waals surface area contributed by atoms with Crippen LogP contribution in [0.2, 0.25) is 0 Å². The summed E-state index contributed by atoms with van der Waals surface area (Å²) < 4.78 is 0. The van der Waals surface area contributed by atoms with E-state index in [2.05, 4.69) is 25.2 Å². The Balaban J connectivity index is 1.88. The minimum atomic E-state index is 0.426. The minimum Gasteiger partial charge on any atom is -0.389 e. The quantitative estimate of drug-likeness (QED) is 0.838. The van der Waals surface area contributed by atoms with Gasteiger partial charge in [-0.3, -0.25) is 0 Å². The third-order valence-electron chi connectivity index (χ3n) is 4.88. The van der Waals surface area contributed by atoms with E-state index in [1.54, 1.807) is 0 Å². The van der Waals surface area contributed by atoms with Crippen molar-refractivity contribution in [2.75, 3.05) is 5.32 Å². The molecule has 1 unspecified atom stereocenters. The highest BCUT2D eigenvalue weighted by atomic mass is 32.1. The van der Waals surface area contributed by atoms with Crippen LogP contribution >= 0.6 is 12.2 Å². The van der Waals surface area contributed by atoms with Crippen molar-refractivity contribution in [2.24, 2.45) is 11.1 Å². The topological polar surface area (TPSA) is 50.9 Å². The third kappa shape index (κ3) is 3.20. The van der Waals surface area contributed by atoms with Gasteiger partial charge < -0.3 is 11.1 Å². The van der Waals surface area contributed by atoms with Crippen LogP contribution in [0, 0.1) is 5.41 Å². The van der Waals surface area contributed by atoms with Gasteiger partial charge in [-0.25, -0.2) is 4.98 Å². The number of nitrogens with two attached hydrogens (primary N) is 1. The third-order valence-corrected chi connectivity index (χ3v) is 5.10. The lowest BCUT2D eigenvalue weighted by Crippen LogP contribution is -2.23. The number of hydrogen-bond donors (Lipinski definition) is 2. The molecular formula is C17H25N3S. The molecule has 1 fully saturated rings. The van der Waals surface area contributed by atoms with Crippen molar-refractivity contribution in [1.29, 1.82) is 0 Å². The molecule has 3 rings (SSSR count). The number of aryl methyl sites for hydroxylation is 2. The molecule has 3 nitrogen and oxygen atoms in total. The van der Waals surface area contributed by atoms with Crippen LogP contribution in [-0.2, 0) is 12.8 Å².